The number of benzene rings is 1. The van der Waals surface area contributed by atoms with Gasteiger partial charge in [0.2, 0.25) is 0 Å². The average Bonchev–Trinajstić information content (AvgIpc) is 2.81. The van der Waals surface area contributed by atoms with Crippen LogP contribution in [0.5, 0.6) is 0 Å². The van der Waals surface area contributed by atoms with Crippen molar-refractivity contribution in [1.29, 1.82) is 0 Å². The molecule has 0 fully saturated rings. The molecule has 1 aromatic heterocycles. The highest BCUT2D eigenvalue weighted by molar-refractivity contribution is 9.10. The highest BCUT2D eigenvalue weighted by atomic mass is 79.9. The number of H-pyrrole nitrogens is 1. The van der Waals surface area contributed by atoms with Crippen molar-refractivity contribution in [1.82, 2.24) is 15.1 Å². The molecule has 0 aliphatic rings. The lowest BCUT2D eigenvalue weighted by atomic mass is 10.2. The quantitative estimate of drug-likeness (QED) is 0.947. The van der Waals surface area contributed by atoms with Crippen molar-refractivity contribution in [2.24, 2.45) is 0 Å². The molecule has 0 saturated carbocycles. The number of aromatic nitrogens is 2. The predicted molar refractivity (Wildman–Crippen MR) is 68.5 cm³/mol. The van der Waals surface area contributed by atoms with Gasteiger partial charge in [0.15, 0.2) is 0 Å². The van der Waals surface area contributed by atoms with Gasteiger partial charge in [-0.05, 0) is 28.1 Å². The Kier molecular flexibility index (Phi) is 3.76. The van der Waals surface area contributed by atoms with Crippen molar-refractivity contribution >= 4 is 21.8 Å². The van der Waals surface area contributed by atoms with E-state index in [1.54, 1.807) is 31.6 Å². The van der Waals surface area contributed by atoms with E-state index >= 15 is 0 Å². The monoisotopic (exact) mass is 311 g/mol. The fraction of sp³-hybridized carbons (Fsp3) is 0.167. The molecule has 94 valence electrons. The second kappa shape index (κ2) is 5.30. The molecule has 18 heavy (non-hydrogen) atoms. The average molecular weight is 312 g/mol. The van der Waals surface area contributed by atoms with Gasteiger partial charge in [-0.25, -0.2) is 4.39 Å². The molecule has 0 unspecified atom stereocenters. The summed E-state index contributed by atoms with van der Waals surface area (Å²) in [5, 5.41) is 6.46. The molecule has 2 aromatic rings. The van der Waals surface area contributed by atoms with Crippen LogP contribution in [0.1, 0.15) is 15.9 Å². The normalized spacial score (nSPS) is 10.4. The molecule has 1 heterocycles. The summed E-state index contributed by atoms with van der Waals surface area (Å²) < 4.78 is 14.1. The third-order valence-electron chi connectivity index (χ3n) is 2.50. The molecular weight excluding hydrogens is 301 g/mol. The molecule has 0 saturated heterocycles. The third-order valence-corrected chi connectivity index (χ3v) is 3.16. The number of hydrogen-bond donors (Lipinski definition) is 1. The summed E-state index contributed by atoms with van der Waals surface area (Å²) in [5.41, 5.74) is 0.904. The van der Waals surface area contributed by atoms with Crippen LogP contribution in [0.25, 0.3) is 0 Å². The van der Waals surface area contributed by atoms with Crippen LogP contribution in [0.2, 0.25) is 0 Å². The van der Waals surface area contributed by atoms with E-state index in [-0.39, 0.29) is 11.5 Å². The molecule has 1 aromatic carbocycles. The largest absolute Gasteiger partial charge is 0.337 e. The highest BCUT2D eigenvalue weighted by Gasteiger charge is 2.19. The number of nitrogens with zero attached hydrogens (tertiary/aromatic N) is 2. The number of amides is 1. The van der Waals surface area contributed by atoms with Crippen molar-refractivity contribution in [3.05, 3.63) is 52.0 Å². The Labute approximate surface area is 112 Å². The first-order chi connectivity index (χ1) is 8.59. The Morgan fingerprint density at radius 1 is 1.56 bits per heavy atom. The van der Waals surface area contributed by atoms with Crippen molar-refractivity contribution < 1.29 is 9.18 Å². The summed E-state index contributed by atoms with van der Waals surface area (Å²) in [4.78, 5) is 13.6. The van der Waals surface area contributed by atoms with Gasteiger partial charge in [0.05, 0.1) is 11.8 Å². The number of rotatable bonds is 3. The molecule has 2 rings (SSSR count). The second-order valence-corrected chi connectivity index (χ2v) is 4.72. The lowest BCUT2D eigenvalue weighted by molar-refractivity contribution is 0.0779. The Bertz CT molecular complexity index is 536. The molecule has 0 bridgehead atoms. The Morgan fingerprint density at radius 3 is 2.94 bits per heavy atom. The number of nitrogens with one attached hydrogen (secondary N) is 1. The summed E-state index contributed by atoms with van der Waals surface area (Å²) >= 11 is 3.19. The fourth-order valence-electron chi connectivity index (χ4n) is 1.60. The minimum Gasteiger partial charge on any atom is -0.337 e. The van der Waals surface area contributed by atoms with E-state index < -0.39 is 5.82 Å². The summed E-state index contributed by atoms with van der Waals surface area (Å²) in [6.45, 7) is 0.371. The summed E-state index contributed by atoms with van der Waals surface area (Å²) in [5.74, 6) is -0.908. The molecule has 1 N–H and O–H groups in total. The number of hydrogen-bond acceptors (Lipinski definition) is 2. The van der Waals surface area contributed by atoms with Crippen LogP contribution in [-0.4, -0.2) is 28.1 Å². The first kappa shape index (κ1) is 12.8. The molecule has 0 radical (unpaired) electrons. The topological polar surface area (TPSA) is 49.0 Å². The maximum atomic E-state index is 13.6. The summed E-state index contributed by atoms with van der Waals surface area (Å²) in [7, 11) is 1.62. The SMILES string of the molecule is CN(Cc1cn[nH]c1)C(=O)c1c(F)cccc1Br. The number of aromatic amines is 1. The van der Waals surface area contributed by atoms with Gasteiger partial charge in [0.25, 0.3) is 5.91 Å². The standard InChI is InChI=1S/C12H11BrFN3O/c1-17(7-8-5-15-16-6-8)12(18)11-9(13)3-2-4-10(11)14/h2-6H,7H2,1H3,(H,15,16). The Hall–Kier alpha value is -1.69. The minimum atomic E-state index is -0.534. The number of carbonyl (C=O) groups excluding carboxylic acids is 1. The first-order valence-electron chi connectivity index (χ1n) is 5.26. The van der Waals surface area contributed by atoms with E-state index in [0.717, 1.165) is 5.56 Å². The van der Waals surface area contributed by atoms with Gasteiger partial charge < -0.3 is 4.90 Å². The van der Waals surface area contributed by atoms with E-state index in [1.165, 1.54) is 11.0 Å². The zero-order valence-corrected chi connectivity index (χ0v) is 11.2. The maximum Gasteiger partial charge on any atom is 0.258 e. The van der Waals surface area contributed by atoms with Gasteiger partial charge in [-0.3, -0.25) is 9.89 Å². The van der Waals surface area contributed by atoms with Crippen LogP contribution < -0.4 is 0 Å². The molecule has 0 spiro atoms. The molecule has 6 heteroatoms. The Morgan fingerprint density at radius 2 is 2.33 bits per heavy atom. The summed E-state index contributed by atoms with van der Waals surface area (Å²) in [6.07, 6.45) is 3.32. The second-order valence-electron chi connectivity index (χ2n) is 3.86. The third kappa shape index (κ3) is 2.59. The van der Waals surface area contributed by atoms with Gasteiger partial charge in [-0.15, -0.1) is 0 Å². The lowest BCUT2D eigenvalue weighted by Crippen LogP contribution is -2.27. The molecule has 0 aliphatic heterocycles. The number of carbonyl (C=O) groups is 1. The van der Waals surface area contributed by atoms with E-state index in [9.17, 15) is 9.18 Å². The van der Waals surface area contributed by atoms with Gasteiger partial charge in [0, 0.05) is 29.8 Å². The Balaban J connectivity index is 2.21. The van der Waals surface area contributed by atoms with Crippen molar-refractivity contribution in [2.45, 2.75) is 6.54 Å². The molecule has 4 nitrogen and oxygen atoms in total. The van der Waals surface area contributed by atoms with Crippen LogP contribution in [0.3, 0.4) is 0 Å². The van der Waals surface area contributed by atoms with Crippen LogP contribution in [-0.2, 0) is 6.54 Å². The van der Waals surface area contributed by atoms with Gasteiger partial charge >= 0.3 is 0 Å². The van der Waals surface area contributed by atoms with Gasteiger partial charge in [-0.1, -0.05) is 6.07 Å². The zero-order chi connectivity index (χ0) is 13.1. The lowest BCUT2D eigenvalue weighted by Gasteiger charge is -2.17. The summed E-state index contributed by atoms with van der Waals surface area (Å²) in [6, 6.07) is 4.46. The van der Waals surface area contributed by atoms with Crippen LogP contribution in [0.15, 0.2) is 35.1 Å². The van der Waals surface area contributed by atoms with Crippen LogP contribution in [0.4, 0.5) is 4.39 Å². The first-order valence-corrected chi connectivity index (χ1v) is 6.06. The van der Waals surface area contributed by atoms with Crippen LogP contribution >= 0.6 is 15.9 Å². The predicted octanol–water partition coefficient (Wildman–Crippen LogP) is 2.58. The van der Waals surface area contributed by atoms with E-state index in [0.29, 0.717) is 11.0 Å². The van der Waals surface area contributed by atoms with Gasteiger partial charge in [0.1, 0.15) is 5.82 Å². The zero-order valence-electron chi connectivity index (χ0n) is 9.65. The van der Waals surface area contributed by atoms with Crippen molar-refractivity contribution in [3.63, 3.8) is 0 Å². The number of halogens is 2. The van der Waals surface area contributed by atoms with E-state index in [4.69, 9.17) is 0 Å². The molecule has 0 atom stereocenters. The van der Waals surface area contributed by atoms with Crippen LogP contribution in [0, 0.1) is 5.82 Å². The minimum absolute atomic E-state index is 0.0449. The molecular formula is C12H11BrFN3O. The smallest absolute Gasteiger partial charge is 0.258 e. The molecule has 0 aliphatic carbocycles. The van der Waals surface area contributed by atoms with Crippen molar-refractivity contribution in [2.75, 3.05) is 7.05 Å². The van der Waals surface area contributed by atoms with E-state index in [2.05, 4.69) is 26.1 Å². The van der Waals surface area contributed by atoms with Crippen molar-refractivity contribution in [3.8, 4) is 0 Å². The van der Waals surface area contributed by atoms with E-state index in [1.807, 2.05) is 0 Å². The van der Waals surface area contributed by atoms with Gasteiger partial charge in [-0.2, -0.15) is 5.10 Å². The molecule has 1 amide bonds. The highest BCUT2D eigenvalue weighted by Crippen LogP contribution is 2.21. The maximum absolute atomic E-state index is 13.6. The fourth-order valence-corrected chi connectivity index (χ4v) is 2.11.